The number of carbonyl (C=O) groups excluding carboxylic acids is 1. The Morgan fingerprint density at radius 1 is 1.11 bits per heavy atom. The number of rotatable bonds is 5. The van der Waals surface area contributed by atoms with Crippen molar-refractivity contribution in [3.05, 3.63) is 65.7 Å². The fourth-order valence-corrected chi connectivity index (χ4v) is 3.79. The van der Waals surface area contributed by atoms with E-state index in [1.165, 1.54) is 0 Å². The molecule has 1 fully saturated rings. The van der Waals surface area contributed by atoms with Crippen LogP contribution in [-0.2, 0) is 4.74 Å². The minimum atomic E-state index is -0.0744. The zero-order chi connectivity index (χ0) is 19.4. The number of carbonyl (C=O) groups is 1. The maximum absolute atomic E-state index is 13.1. The molecule has 0 bridgehead atoms. The van der Waals surface area contributed by atoms with Crippen molar-refractivity contribution in [2.75, 3.05) is 24.5 Å². The third-order valence-electron chi connectivity index (χ3n) is 5.13. The summed E-state index contributed by atoms with van der Waals surface area (Å²) in [5, 5.41) is 0. The molecule has 2 aromatic rings. The van der Waals surface area contributed by atoms with E-state index in [1.807, 2.05) is 42.2 Å². The van der Waals surface area contributed by atoms with Crippen LogP contribution in [0.5, 0.6) is 0 Å². The van der Waals surface area contributed by atoms with E-state index in [-0.39, 0.29) is 18.1 Å². The lowest BCUT2D eigenvalue weighted by molar-refractivity contribution is -0.0691. The van der Waals surface area contributed by atoms with Gasteiger partial charge in [0.15, 0.2) is 0 Å². The van der Waals surface area contributed by atoms with Crippen LogP contribution < -0.4 is 4.90 Å². The van der Waals surface area contributed by atoms with Gasteiger partial charge in [-0.15, -0.1) is 0 Å². The molecule has 144 valence electrons. The third-order valence-corrected chi connectivity index (χ3v) is 5.13. The van der Waals surface area contributed by atoms with Gasteiger partial charge in [0.05, 0.1) is 12.6 Å². The summed E-state index contributed by atoms with van der Waals surface area (Å²) < 4.78 is 6.08. The molecule has 4 heteroatoms. The number of morpholine rings is 1. The average Bonchev–Trinajstić information content (AvgIpc) is 2.68. The topological polar surface area (TPSA) is 32.8 Å². The van der Waals surface area contributed by atoms with Crippen LogP contribution in [0.4, 0.5) is 5.69 Å². The number of nitrogens with zero attached hydrogens (tertiary/aromatic N) is 2. The zero-order valence-corrected chi connectivity index (χ0v) is 16.8. The van der Waals surface area contributed by atoms with Crippen LogP contribution >= 0.6 is 0 Å². The van der Waals surface area contributed by atoms with E-state index in [0.717, 1.165) is 23.4 Å². The van der Waals surface area contributed by atoms with Gasteiger partial charge in [-0.1, -0.05) is 30.3 Å². The Bertz CT molecular complexity index is 743. The molecular formula is C23H30N2O2. The lowest BCUT2D eigenvalue weighted by Crippen LogP contribution is -2.46. The van der Waals surface area contributed by atoms with E-state index < -0.39 is 0 Å². The highest BCUT2D eigenvalue weighted by Gasteiger charge is 2.29. The van der Waals surface area contributed by atoms with Gasteiger partial charge in [0.25, 0.3) is 5.91 Å². The first kappa shape index (κ1) is 19.4. The molecule has 2 atom stereocenters. The number of amides is 1. The van der Waals surface area contributed by atoms with Crippen LogP contribution in [0.3, 0.4) is 0 Å². The van der Waals surface area contributed by atoms with E-state index in [2.05, 4.69) is 49.9 Å². The predicted octanol–water partition coefficient (Wildman–Crippen LogP) is 4.52. The summed E-state index contributed by atoms with van der Waals surface area (Å²) in [4.78, 5) is 17.3. The largest absolute Gasteiger partial charge is 0.369 e. The van der Waals surface area contributed by atoms with Gasteiger partial charge in [0.2, 0.25) is 0 Å². The van der Waals surface area contributed by atoms with Gasteiger partial charge < -0.3 is 14.5 Å². The van der Waals surface area contributed by atoms with Crippen LogP contribution in [0.15, 0.2) is 54.6 Å². The number of hydrogen-bond acceptors (Lipinski definition) is 3. The van der Waals surface area contributed by atoms with E-state index in [4.69, 9.17) is 4.74 Å². The molecule has 2 aromatic carbocycles. The first-order chi connectivity index (χ1) is 13.0. The minimum absolute atomic E-state index is 0.0173. The molecule has 0 saturated carbocycles. The molecule has 3 rings (SSSR count). The summed E-state index contributed by atoms with van der Waals surface area (Å²) in [7, 11) is 0. The summed E-state index contributed by atoms with van der Waals surface area (Å²) in [6.07, 6.45) is -0.0570. The second kappa shape index (κ2) is 8.57. The minimum Gasteiger partial charge on any atom is -0.369 e. The van der Waals surface area contributed by atoms with Gasteiger partial charge in [0, 0.05) is 30.4 Å². The van der Waals surface area contributed by atoms with E-state index in [1.54, 1.807) is 0 Å². The molecule has 27 heavy (non-hydrogen) atoms. The third kappa shape index (κ3) is 4.51. The van der Waals surface area contributed by atoms with Crippen LogP contribution in [0.2, 0.25) is 0 Å². The molecule has 4 nitrogen and oxygen atoms in total. The molecular weight excluding hydrogens is 336 g/mol. The molecule has 1 amide bonds. The van der Waals surface area contributed by atoms with Gasteiger partial charge in [-0.25, -0.2) is 0 Å². The van der Waals surface area contributed by atoms with Gasteiger partial charge in [0.1, 0.15) is 6.10 Å². The Hall–Kier alpha value is -2.33. The molecule has 0 aliphatic carbocycles. The molecule has 1 heterocycles. The van der Waals surface area contributed by atoms with Crippen LogP contribution in [0, 0.1) is 0 Å². The molecule has 2 unspecified atom stereocenters. The maximum Gasteiger partial charge on any atom is 0.254 e. The monoisotopic (exact) mass is 366 g/mol. The Kier molecular flexibility index (Phi) is 6.17. The summed E-state index contributed by atoms with van der Waals surface area (Å²) in [6.45, 7) is 10.7. The predicted molar refractivity (Wildman–Crippen MR) is 110 cm³/mol. The molecule has 0 radical (unpaired) electrons. The van der Waals surface area contributed by atoms with Gasteiger partial charge in [-0.3, -0.25) is 4.79 Å². The first-order valence-corrected chi connectivity index (χ1v) is 9.86. The zero-order valence-electron chi connectivity index (χ0n) is 16.8. The average molecular weight is 367 g/mol. The molecule has 0 spiro atoms. The maximum atomic E-state index is 13.1. The number of hydrogen-bond donors (Lipinski definition) is 0. The van der Waals surface area contributed by atoms with E-state index in [9.17, 15) is 4.79 Å². The Morgan fingerprint density at radius 2 is 1.78 bits per heavy atom. The van der Waals surface area contributed by atoms with Gasteiger partial charge in [-0.2, -0.15) is 0 Å². The van der Waals surface area contributed by atoms with Gasteiger partial charge >= 0.3 is 0 Å². The van der Waals surface area contributed by atoms with Crippen molar-refractivity contribution in [3.63, 3.8) is 0 Å². The van der Waals surface area contributed by atoms with Crippen molar-refractivity contribution >= 4 is 11.6 Å². The molecule has 1 aliphatic rings. The lowest BCUT2D eigenvalue weighted by Gasteiger charge is -2.37. The molecule has 1 aliphatic heterocycles. The number of benzene rings is 2. The quantitative estimate of drug-likeness (QED) is 0.780. The second-order valence-corrected chi connectivity index (χ2v) is 7.48. The summed E-state index contributed by atoms with van der Waals surface area (Å²) >= 11 is 0. The Labute approximate surface area is 162 Å². The van der Waals surface area contributed by atoms with Crippen LogP contribution in [0.1, 0.15) is 49.7 Å². The van der Waals surface area contributed by atoms with Crippen molar-refractivity contribution in [2.45, 2.75) is 45.9 Å². The smallest absolute Gasteiger partial charge is 0.254 e. The number of anilines is 1. The highest BCUT2D eigenvalue weighted by molar-refractivity contribution is 5.94. The Morgan fingerprint density at radius 3 is 2.37 bits per heavy atom. The van der Waals surface area contributed by atoms with Crippen molar-refractivity contribution in [3.8, 4) is 0 Å². The molecule has 0 aromatic heterocycles. The standard InChI is InChI=1S/C23H30N2O2/c1-5-25(17(2)3)21-13-11-20(12-14-21)23(26)24-15-18(4)27-22(16-24)19-9-7-6-8-10-19/h6-14,17-18,22H,5,15-16H2,1-4H3. The van der Waals surface area contributed by atoms with Crippen LogP contribution in [0.25, 0.3) is 0 Å². The summed E-state index contributed by atoms with van der Waals surface area (Å²) in [6, 6.07) is 18.6. The number of ether oxygens (including phenoxy) is 1. The van der Waals surface area contributed by atoms with Crippen molar-refractivity contribution in [1.82, 2.24) is 4.90 Å². The highest BCUT2D eigenvalue weighted by atomic mass is 16.5. The first-order valence-electron chi connectivity index (χ1n) is 9.86. The molecule has 1 saturated heterocycles. The normalized spacial score (nSPS) is 20.0. The fourth-order valence-electron chi connectivity index (χ4n) is 3.79. The highest BCUT2D eigenvalue weighted by Crippen LogP contribution is 2.26. The lowest BCUT2D eigenvalue weighted by atomic mass is 10.1. The SMILES string of the molecule is CCN(c1ccc(C(=O)N2CC(C)OC(c3ccccc3)C2)cc1)C(C)C. The van der Waals surface area contributed by atoms with E-state index in [0.29, 0.717) is 19.1 Å². The second-order valence-electron chi connectivity index (χ2n) is 7.48. The van der Waals surface area contributed by atoms with Crippen LogP contribution in [-0.4, -0.2) is 42.6 Å². The Balaban J connectivity index is 1.74. The summed E-state index contributed by atoms with van der Waals surface area (Å²) in [5.74, 6) is 0.0743. The summed E-state index contributed by atoms with van der Waals surface area (Å²) in [5.41, 5.74) is 3.01. The fraction of sp³-hybridized carbons (Fsp3) is 0.435. The van der Waals surface area contributed by atoms with Crippen molar-refractivity contribution < 1.29 is 9.53 Å². The van der Waals surface area contributed by atoms with E-state index >= 15 is 0 Å². The van der Waals surface area contributed by atoms with Crippen molar-refractivity contribution in [1.29, 1.82) is 0 Å². The van der Waals surface area contributed by atoms with Crippen molar-refractivity contribution in [2.24, 2.45) is 0 Å². The van der Waals surface area contributed by atoms with Gasteiger partial charge in [-0.05, 0) is 57.5 Å². The molecule has 0 N–H and O–H groups in total.